The lowest BCUT2D eigenvalue weighted by Gasteiger charge is -2.41. The van der Waals surface area contributed by atoms with E-state index in [9.17, 15) is 0 Å². The molecule has 1 unspecified atom stereocenters. The number of rotatable bonds is 3. The summed E-state index contributed by atoms with van der Waals surface area (Å²) in [5.74, 6) is 0. The first-order valence-corrected chi connectivity index (χ1v) is 9.31. The predicted molar refractivity (Wildman–Crippen MR) is 63.9 cm³/mol. The van der Waals surface area contributed by atoms with Crippen LogP contribution >= 0.6 is 0 Å². The maximum atomic E-state index is 6.20. The first kappa shape index (κ1) is 12.1. The average Bonchev–Trinajstić information content (AvgIpc) is 1.85. The molecule has 12 heavy (non-hydrogen) atoms. The molecular formula is C9H23NSi2. The highest BCUT2D eigenvalue weighted by Gasteiger charge is 2.39. The van der Waals surface area contributed by atoms with Crippen molar-refractivity contribution >= 4 is 17.6 Å². The summed E-state index contributed by atoms with van der Waals surface area (Å²) < 4.78 is 0. The topological polar surface area (TPSA) is 26.0 Å². The van der Waals surface area contributed by atoms with Crippen LogP contribution < -0.4 is 5.73 Å². The Morgan fingerprint density at radius 3 is 2.08 bits per heavy atom. The van der Waals surface area contributed by atoms with E-state index in [0.717, 1.165) is 0 Å². The van der Waals surface area contributed by atoms with E-state index in [0.29, 0.717) is 10.3 Å². The third kappa shape index (κ3) is 2.57. The lowest BCUT2D eigenvalue weighted by atomic mass is 10.2. The van der Waals surface area contributed by atoms with Gasteiger partial charge in [0.2, 0.25) is 0 Å². The molecule has 0 aromatic carbocycles. The fourth-order valence-corrected chi connectivity index (χ4v) is 7.20. The Labute approximate surface area is 80.3 Å². The van der Waals surface area contributed by atoms with Gasteiger partial charge in [0.25, 0.3) is 0 Å². The van der Waals surface area contributed by atoms with Crippen molar-refractivity contribution in [2.45, 2.75) is 44.2 Å². The smallest absolute Gasteiger partial charge is 0.0676 e. The summed E-state index contributed by atoms with van der Waals surface area (Å²) in [4.78, 5) is 0. The van der Waals surface area contributed by atoms with Gasteiger partial charge in [0.05, 0.1) is 17.6 Å². The van der Waals surface area contributed by atoms with Crippen molar-refractivity contribution in [1.29, 1.82) is 0 Å². The highest BCUT2D eigenvalue weighted by molar-refractivity contribution is 6.89. The summed E-state index contributed by atoms with van der Waals surface area (Å²) in [5.41, 5.74) is 8.27. The highest BCUT2D eigenvalue weighted by Crippen LogP contribution is 2.37. The fourth-order valence-electron chi connectivity index (χ4n) is 1.03. The van der Waals surface area contributed by atoms with E-state index in [-0.39, 0.29) is 9.52 Å². The molecule has 0 aliphatic carbocycles. The van der Waals surface area contributed by atoms with E-state index >= 15 is 0 Å². The van der Waals surface area contributed by atoms with Gasteiger partial charge in [0.15, 0.2) is 0 Å². The Hall–Kier alpha value is 0.134. The van der Waals surface area contributed by atoms with Gasteiger partial charge in [-0.05, 0) is 10.3 Å². The van der Waals surface area contributed by atoms with Crippen molar-refractivity contribution in [3.8, 4) is 0 Å². The Bertz CT molecular complexity index is 158. The van der Waals surface area contributed by atoms with Crippen LogP contribution in [0, 0.1) is 0 Å². The van der Waals surface area contributed by atoms with Gasteiger partial charge in [-0.3, -0.25) is 0 Å². The van der Waals surface area contributed by atoms with Crippen LogP contribution in [0.2, 0.25) is 18.1 Å². The molecule has 1 atom stereocenters. The molecule has 0 rings (SSSR count). The van der Waals surface area contributed by atoms with Gasteiger partial charge < -0.3 is 5.73 Å². The van der Waals surface area contributed by atoms with Crippen LogP contribution in [-0.4, -0.2) is 22.9 Å². The summed E-state index contributed by atoms with van der Waals surface area (Å²) in [6.45, 7) is 15.5. The van der Waals surface area contributed by atoms with E-state index in [4.69, 9.17) is 5.73 Å². The van der Waals surface area contributed by atoms with Gasteiger partial charge in [-0.15, -0.1) is 12.3 Å². The second-order valence-corrected chi connectivity index (χ2v) is 13.5. The molecule has 0 heterocycles. The Kier molecular flexibility index (Phi) is 3.94. The second kappa shape index (κ2) is 3.89. The molecular weight excluding hydrogens is 178 g/mol. The molecule has 0 aliphatic heterocycles. The first-order valence-electron chi connectivity index (χ1n) is 4.60. The van der Waals surface area contributed by atoms with Crippen molar-refractivity contribution in [2.75, 3.05) is 0 Å². The largest absolute Gasteiger partial charge is 0.333 e. The number of nitrogens with two attached hydrogens (primary N) is 1. The zero-order chi connectivity index (χ0) is 9.99. The van der Waals surface area contributed by atoms with Crippen LogP contribution in [0.1, 0.15) is 20.8 Å². The minimum Gasteiger partial charge on any atom is -0.333 e. The standard InChI is InChI=1S/C9H23NSi2/c1-7-11-8(10)12(5,6)9(2,3)4/h7-8H,1,10-11H2,2-6H3. The van der Waals surface area contributed by atoms with E-state index in [1.54, 1.807) is 0 Å². The quantitative estimate of drug-likeness (QED) is 0.690. The summed E-state index contributed by atoms with van der Waals surface area (Å²) in [7, 11) is -1.50. The lowest BCUT2D eigenvalue weighted by molar-refractivity contribution is 0.709. The summed E-state index contributed by atoms with van der Waals surface area (Å²) in [5, 5.41) is 0.901. The highest BCUT2D eigenvalue weighted by atomic mass is 28.4. The van der Waals surface area contributed by atoms with Crippen LogP contribution in [-0.2, 0) is 0 Å². The minimum absolute atomic E-state index is 0.234. The van der Waals surface area contributed by atoms with Crippen LogP contribution in [0.25, 0.3) is 0 Å². The number of hydrogen-bond donors (Lipinski definition) is 1. The third-order valence-electron chi connectivity index (χ3n) is 3.28. The van der Waals surface area contributed by atoms with E-state index in [1.165, 1.54) is 0 Å². The van der Waals surface area contributed by atoms with Crippen LogP contribution in [0.4, 0.5) is 0 Å². The SMILES string of the molecule is C=C[SiH2]C(N)[Si](C)(C)C(C)(C)C. The van der Waals surface area contributed by atoms with Gasteiger partial charge in [-0.1, -0.05) is 33.9 Å². The van der Waals surface area contributed by atoms with Crippen molar-refractivity contribution < 1.29 is 0 Å². The van der Waals surface area contributed by atoms with E-state index in [2.05, 4.69) is 46.1 Å². The van der Waals surface area contributed by atoms with E-state index < -0.39 is 8.07 Å². The second-order valence-electron chi connectivity index (χ2n) is 5.10. The molecule has 72 valence electrons. The average molecular weight is 201 g/mol. The minimum atomic E-state index is -1.26. The molecule has 0 aliphatic rings. The van der Waals surface area contributed by atoms with Gasteiger partial charge in [0.1, 0.15) is 0 Å². The molecule has 0 radical (unpaired) electrons. The van der Waals surface area contributed by atoms with Gasteiger partial charge in [0, 0.05) is 0 Å². The van der Waals surface area contributed by atoms with Crippen molar-refractivity contribution in [3.63, 3.8) is 0 Å². The van der Waals surface area contributed by atoms with Crippen molar-refractivity contribution in [1.82, 2.24) is 0 Å². The molecule has 0 aromatic rings. The van der Waals surface area contributed by atoms with Crippen molar-refractivity contribution in [3.05, 3.63) is 12.3 Å². The molecule has 2 N–H and O–H groups in total. The molecule has 0 bridgehead atoms. The Morgan fingerprint density at radius 1 is 1.42 bits per heavy atom. The van der Waals surface area contributed by atoms with Crippen LogP contribution in [0.15, 0.2) is 12.3 Å². The normalized spacial score (nSPS) is 16.8. The molecule has 3 heteroatoms. The maximum absolute atomic E-state index is 6.20. The fraction of sp³-hybridized carbons (Fsp3) is 0.778. The monoisotopic (exact) mass is 201 g/mol. The van der Waals surface area contributed by atoms with Crippen LogP contribution in [0.5, 0.6) is 0 Å². The zero-order valence-corrected chi connectivity index (χ0v) is 11.6. The molecule has 0 aromatic heterocycles. The molecule has 0 spiro atoms. The summed E-state index contributed by atoms with van der Waals surface area (Å²) in [6, 6.07) is 0. The maximum Gasteiger partial charge on any atom is 0.0676 e. The Balaban J connectivity index is 4.48. The van der Waals surface area contributed by atoms with Crippen LogP contribution in [0.3, 0.4) is 0 Å². The summed E-state index contributed by atoms with van der Waals surface area (Å²) in [6.07, 6.45) is 0. The number of hydrogen-bond acceptors (Lipinski definition) is 1. The van der Waals surface area contributed by atoms with Gasteiger partial charge in [-0.25, -0.2) is 0 Å². The van der Waals surface area contributed by atoms with Gasteiger partial charge in [-0.2, -0.15) is 0 Å². The lowest BCUT2D eigenvalue weighted by Crippen LogP contribution is -2.56. The molecule has 1 nitrogen and oxygen atoms in total. The Morgan fingerprint density at radius 2 is 1.83 bits per heavy atom. The third-order valence-corrected chi connectivity index (χ3v) is 13.6. The van der Waals surface area contributed by atoms with Gasteiger partial charge >= 0.3 is 0 Å². The molecule has 0 amide bonds. The first-order chi connectivity index (χ1) is 5.23. The van der Waals surface area contributed by atoms with Crippen molar-refractivity contribution in [2.24, 2.45) is 5.73 Å². The molecule has 0 saturated heterocycles. The molecule has 0 fully saturated rings. The molecule has 0 saturated carbocycles. The summed E-state index contributed by atoms with van der Waals surface area (Å²) >= 11 is 0. The predicted octanol–water partition coefficient (Wildman–Crippen LogP) is 1.63. The van der Waals surface area contributed by atoms with E-state index in [1.807, 2.05) is 0 Å². The zero-order valence-electron chi connectivity index (χ0n) is 9.15.